The molecular weight excluding hydrogens is 537 g/mol. The Labute approximate surface area is 222 Å². The molecule has 0 bridgehead atoms. The summed E-state index contributed by atoms with van der Waals surface area (Å²) in [6, 6.07) is 10.9. The number of aromatic nitrogens is 7. The third-order valence-electron chi connectivity index (χ3n) is 7.19. The Kier molecular flexibility index (Phi) is 4.98. The molecule has 7 rings (SSSR count). The monoisotopic (exact) mass is 552 g/mol. The molecule has 2 aliphatic rings. The summed E-state index contributed by atoms with van der Waals surface area (Å²) in [6.07, 6.45) is 2.27. The molecule has 3 N–H and O–H groups in total. The summed E-state index contributed by atoms with van der Waals surface area (Å²) in [5.41, 5.74) is 7.89. The number of nitrogen functional groups attached to an aromatic ring is 1. The molecule has 0 radical (unpaired) electrons. The molecule has 1 fully saturated rings. The molecule has 3 atom stereocenters. The van der Waals surface area contributed by atoms with E-state index < -0.39 is 17.8 Å². The number of pyridine rings is 1. The van der Waals surface area contributed by atoms with E-state index in [0.29, 0.717) is 21.8 Å². The van der Waals surface area contributed by atoms with Gasteiger partial charge in [0, 0.05) is 33.8 Å². The van der Waals surface area contributed by atoms with E-state index in [-0.39, 0.29) is 45.2 Å². The molecule has 5 aromatic rings. The smallest absolute Gasteiger partial charge is 0.252 e. The Morgan fingerprint density at radius 2 is 1.92 bits per heavy atom. The van der Waals surface area contributed by atoms with Crippen LogP contribution in [0.25, 0.3) is 28.1 Å². The van der Waals surface area contributed by atoms with E-state index >= 15 is 4.39 Å². The van der Waals surface area contributed by atoms with Crippen molar-refractivity contribution >= 4 is 28.9 Å². The third kappa shape index (κ3) is 3.38. The average molecular weight is 553 g/mol. The van der Waals surface area contributed by atoms with Gasteiger partial charge in [0.1, 0.15) is 17.8 Å². The van der Waals surface area contributed by atoms with Crippen LogP contribution in [0.4, 0.5) is 14.5 Å². The first kappa shape index (κ1) is 23.1. The van der Waals surface area contributed by atoms with E-state index in [1.54, 1.807) is 22.8 Å². The van der Waals surface area contributed by atoms with Crippen molar-refractivity contribution in [2.45, 2.75) is 18.4 Å². The second-order valence-corrected chi connectivity index (χ2v) is 10.2. The van der Waals surface area contributed by atoms with Crippen molar-refractivity contribution in [2.24, 2.45) is 5.92 Å². The zero-order valence-corrected chi connectivity index (χ0v) is 20.8. The number of nitrogens with two attached hydrogens (primary N) is 1. The van der Waals surface area contributed by atoms with E-state index in [0.717, 1.165) is 12.1 Å². The Balaban J connectivity index is 1.33. The Morgan fingerprint density at radius 3 is 2.71 bits per heavy atom. The molecule has 190 valence electrons. The number of aromatic amines is 1. The second-order valence-electron chi connectivity index (χ2n) is 9.36. The van der Waals surface area contributed by atoms with E-state index in [1.807, 2.05) is 6.07 Å². The van der Waals surface area contributed by atoms with Crippen LogP contribution in [-0.2, 0) is 0 Å². The number of fused-ring (bicyclic) bond motifs is 3. The number of rotatable bonds is 4. The Bertz CT molecular complexity index is 1820. The van der Waals surface area contributed by atoms with Crippen molar-refractivity contribution in [1.29, 1.82) is 0 Å². The van der Waals surface area contributed by atoms with Crippen molar-refractivity contribution in [1.82, 2.24) is 34.7 Å². The minimum Gasteiger partial charge on any atom is -0.397 e. The number of nitrogens with zero attached hydrogens (tertiary/aromatic N) is 6. The van der Waals surface area contributed by atoms with Crippen molar-refractivity contribution in [3.8, 4) is 28.1 Å². The standard InChI is InChI=1S/C25H16Cl2F2N8O/c26-11-1-4-17(36-9-31-34-35-36)13(7-11)10-5-18-14-8-15(14)23(37(18)19(38)6-10)25-32-22(24(29)33-25)12-2-3-16(30)20(27)21(12)28/h1-7,9,14-15,23H,8,30H2,(H,32,33). The van der Waals surface area contributed by atoms with Gasteiger partial charge in [-0.15, -0.1) is 5.10 Å². The molecule has 2 aromatic carbocycles. The lowest BCUT2D eigenvalue weighted by Gasteiger charge is -2.17. The molecule has 38 heavy (non-hydrogen) atoms. The summed E-state index contributed by atoms with van der Waals surface area (Å²) in [6.45, 7) is 0. The fourth-order valence-electron chi connectivity index (χ4n) is 5.41. The highest BCUT2D eigenvalue weighted by Gasteiger charge is 2.54. The molecule has 3 aromatic heterocycles. The molecule has 1 aliphatic carbocycles. The number of anilines is 1. The first-order valence-electron chi connectivity index (χ1n) is 11.6. The SMILES string of the molecule is Nc1ccc(-c2nc(C3C4CC4c4cc(-c5cc(Cl)ccc5-n5cnnn5)cc(=O)n43)[nH]c2F)c(F)c1Cl. The van der Waals surface area contributed by atoms with Crippen LogP contribution >= 0.6 is 23.2 Å². The second kappa shape index (κ2) is 8.20. The van der Waals surface area contributed by atoms with Gasteiger partial charge in [0.25, 0.3) is 5.56 Å². The number of imidazole rings is 1. The molecule has 1 aliphatic heterocycles. The number of H-pyrrole nitrogens is 1. The van der Waals surface area contributed by atoms with E-state index in [9.17, 15) is 9.18 Å². The lowest BCUT2D eigenvalue weighted by Crippen LogP contribution is -2.26. The predicted molar refractivity (Wildman–Crippen MR) is 136 cm³/mol. The van der Waals surface area contributed by atoms with E-state index in [4.69, 9.17) is 28.9 Å². The highest BCUT2D eigenvalue weighted by molar-refractivity contribution is 6.33. The summed E-state index contributed by atoms with van der Waals surface area (Å²) in [4.78, 5) is 20.5. The summed E-state index contributed by atoms with van der Waals surface area (Å²) in [5, 5.41) is 11.5. The summed E-state index contributed by atoms with van der Waals surface area (Å²) in [7, 11) is 0. The van der Waals surface area contributed by atoms with Gasteiger partial charge in [-0.1, -0.05) is 23.2 Å². The zero-order valence-electron chi connectivity index (χ0n) is 19.2. The highest BCUT2D eigenvalue weighted by atomic mass is 35.5. The van der Waals surface area contributed by atoms with Gasteiger partial charge in [0.2, 0.25) is 5.95 Å². The normalized spacial score (nSPS) is 19.4. The largest absolute Gasteiger partial charge is 0.397 e. The number of hydrogen-bond acceptors (Lipinski definition) is 6. The zero-order chi connectivity index (χ0) is 26.3. The summed E-state index contributed by atoms with van der Waals surface area (Å²) in [5.74, 6) is -1.29. The molecule has 4 heterocycles. The van der Waals surface area contributed by atoms with Crippen molar-refractivity contribution in [2.75, 3.05) is 5.73 Å². The minimum absolute atomic E-state index is 0.0416. The maximum Gasteiger partial charge on any atom is 0.252 e. The minimum atomic E-state index is -0.860. The molecule has 13 heteroatoms. The molecule has 3 unspecified atom stereocenters. The maximum atomic E-state index is 15.0. The highest BCUT2D eigenvalue weighted by Crippen LogP contribution is 2.60. The van der Waals surface area contributed by atoms with Crippen LogP contribution in [-0.4, -0.2) is 34.7 Å². The molecule has 0 spiro atoms. The van der Waals surface area contributed by atoms with Gasteiger partial charge in [-0.2, -0.15) is 9.07 Å². The Hall–Kier alpha value is -4.09. The number of hydrogen-bond donors (Lipinski definition) is 2. The maximum absolute atomic E-state index is 15.0. The van der Waals surface area contributed by atoms with Gasteiger partial charge in [0.15, 0.2) is 5.82 Å². The Morgan fingerprint density at radius 1 is 1.08 bits per heavy atom. The molecule has 9 nitrogen and oxygen atoms in total. The van der Waals surface area contributed by atoms with Crippen LogP contribution < -0.4 is 11.3 Å². The lowest BCUT2D eigenvalue weighted by atomic mass is 10.0. The summed E-state index contributed by atoms with van der Waals surface area (Å²) < 4.78 is 32.9. The van der Waals surface area contributed by atoms with Crippen LogP contribution in [0, 0.1) is 17.7 Å². The fraction of sp³-hybridized carbons (Fsp3) is 0.160. The van der Waals surface area contributed by atoms with Crippen LogP contribution in [0.5, 0.6) is 0 Å². The molecule has 0 saturated heterocycles. The van der Waals surface area contributed by atoms with Crippen LogP contribution in [0.15, 0.2) is 53.6 Å². The number of halogens is 4. The first-order chi connectivity index (χ1) is 18.3. The van der Waals surface area contributed by atoms with Gasteiger partial charge in [-0.05, 0) is 64.7 Å². The predicted octanol–water partition coefficient (Wildman–Crippen LogP) is 4.75. The van der Waals surface area contributed by atoms with Gasteiger partial charge in [-0.25, -0.2) is 9.37 Å². The van der Waals surface area contributed by atoms with Gasteiger partial charge >= 0.3 is 0 Å². The van der Waals surface area contributed by atoms with Gasteiger partial charge in [0.05, 0.1) is 22.4 Å². The molecular formula is C25H16Cl2F2N8O. The average Bonchev–Trinajstić information content (AvgIpc) is 3.20. The van der Waals surface area contributed by atoms with Crippen LogP contribution in [0.1, 0.15) is 29.9 Å². The van der Waals surface area contributed by atoms with Crippen molar-refractivity contribution in [3.05, 3.63) is 92.5 Å². The lowest BCUT2D eigenvalue weighted by molar-refractivity contribution is 0.504. The number of tetrazole rings is 1. The van der Waals surface area contributed by atoms with Gasteiger partial charge in [-0.3, -0.25) is 4.79 Å². The van der Waals surface area contributed by atoms with Gasteiger partial charge < -0.3 is 15.3 Å². The summed E-state index contributed by atoms with van der Waals surface area (Å²) >= 11 is 12.2. The molecule has 0 amide bonds. The molecule has 1 saturated carbocycles. The van der Waals surface area contributed by atoms with E-state index in [2.05, 4.69) is 25.5 Å². The van der Waals surface area contributed by atoms with Crippen LogP contribution in [0.3, 0.4) is 0 Å². The number of benzene rings is 2. The fourth-order valence-corrected chi connectivity index (χ4v) is 5.74. The third-order valence-corrected chi connectivity index (χ3v) is 7.81. The van der Waals surface area contributed by atoms with Crippen LogP contribution in [0.2, 0.25) is 10.0 Å². The van der Waals surface area contributed by atoms with Crippen molar-refractivity contribution in [3.63, 3.8) is 0 Å². The van der Waals surface area contributed by atoms with E-state index in [1.165, 1.54) is 29.2 Å². The van der Waals surface area contributed by atoms with Crippen molar-refractivity contribution < 1.29 is 8.78 Å². The topological polar surface area (TPSA) is 120 Å². The first-order valence-corrected chi connectivity index (χ1v) is 12.4. The quantitative estimate of drug-likeness (QED) is 0.310. The number of nitrogens with one attached hydrogen (secondary N) is 1.